The summed E-state index contributed by atoms with van der Waals surface area (Å²) in [6.07, 6.45) is 0. The van der Waals surface area contributed by atoms with Crippen LogP contribution in [0.3, 0.4) is 0 Å². The molecule has 0 atom stereocenters. The molecule has 0 aliphatic rings. The van der Waals surface area contributed by atoms with Crippen molar-refractivity contribution in [2.45, 2.75) is 10.2 Å². The van der Waals surface area contributed by atoms with E-state index in [1.54, 1.807) is 0 Å². The lowest BCUT2D eigenvalue weighted by molar-refractivity contribution is 0.527. The predicted molar refractivity (Wildman–Crippen MR) is 37.8 cm³/mol. The predicted octanol–water partition coefficient (Wildman–Crippen LogP) is 3.53. The van der Waals surface area contributed by atoms with Crippen LogP contribution in [-0.4, -0.2) is 9.93 Å². The molecule has 0 aromatic rings. The van der Waals surface area contributed by atoms with Crippen LogP contribution >= 0.6 is 46.4 Å². The van der Waals surface area contributed by atoms with Crippen LogP contribution in [0, 0.1) is 0 Å². The third-order valence-electron chi connectivity index (χ3n) is 0. The average molecular weight is 202 g/mol. The fourth-order valence-electron chi connectivity index (χ4n) is 0. The van der Waals surface area contributed by atoms with E-state index in [1.807, 2.05) is 0 Å². The van der Waals surface area contributed by atoms with Gasteiger partial charge in [0.1, 0.15) is 0 Å². The molecule has 0 unspecified atom stereocenters. The zero-order valence-electron chi connectivity index (χ0n) is 4.10. The van der Waals surface area contributed by atoms with Crippen molar-refractivity contribution in [2.75, 3.05) is 6.67 Å². The number of rotatable bonds is 0. The first-order valence-electron chi connectivity index (χ1n) is 1.73. The monoisotopic (exact) mass is 200 g/mol. The highest BCUT2D eigenvalue weighted by Crippen LogP contribution is 2.29. The first kappa shape index (κ1) is 11.8. The summed E-state index contributed by atoms with van der Waals surface area (Å²) in [7, 11) is 0. The van der Waals surface area contributed by atoms with Gasteiger partial charge in [-0.1, -0.05) is 46.4 Å². The molecule has 0 bridgehead atoms. The Labute approximate surface area is 67.9 Å². The second-order valence-electron chi connectivity index (χ2n) is 0.696. The van der Waals surface area contributed by atoms with Gasteiger partial charge in [-0.25, -0.2) is 0 Å². The highest BCUT2D eigenvalue weighted by Gasteiger charge is 2.11. The van der Waals surface area contributed by atoms with E-state index < -0.39 is 3.25 Å². The van der Waals surface area contributed by atoms with Gasteiger partial charge < -0.3 is 0 Å². The molecule has 0 fully saturated rings. The number of halogens is 5. The van der Waals surface area contributed by atoms with E-state index in [-0.39, 0.29) is 6.67 Å². The molecule has 0 saturated carbocycles. The summed E-state index contributed by atoms with van der Waals surface area (Å²) in [5, 5.41) is 0. The Morgan fingerprint density at radius 3 is 1.25 bits per heavy atom. The summed E-state index contributed by atoms with van der Waals surface area (Å²) in [6, 6.07) is 0. The highest BCUT2D eigenvalue weighted by atomic mass is 35.6. The average Bonchev–Trinajstić information content (AvgIpc) is 1.27. The molecule has 0 spiro atoms. The van der Waals surface area contributed by atoms with Crippen LogP contribution in [0.2, 0.25) is 0 Å². The summed E-state index contributed by atoms with van der Waals surface area (Å²) in [5.41, 5.74) is 0. The zero-order chi connectivity index (χ0) is 7.21. The van der Waals surface area contributed by atoms with Crippen LogP contribution in [0.4, 0.5) is 4.39 Å². The van der Waals surface area contributed by atoms with Gasteiger partial charge in [-0.15, -0.1) is 0 Å². The number of hydrogen-bond donors (Lipinski definition) is 0. The third kappa shape index (κ3) is 221. The molecule has 52 valence electrons. The van der Waals surface area contributed by atoms with E-state index in [4.69, 9.17) is 46.4 Å². The minimum atomic E-state index is -1.61. The van der Waals surface area contributed by atoms with Crippen LogP contribution in [0.15, 0.2) is 0 Å². The maximum absolute atomic E-state index is 10.3. The van der Waals surface area contributed by atoms with E-state index in [2.05, 4.69) is 0 Å². The molecule has 8 heavy (non-hydrogen) atoms. The summed E-state index contributed by atoms with van der Waals surface area (Å²) in [6.45, 7) is 1.21. The fraction of sp³-hybridized carbons (Fsp3) is 1.00. The van der Waals surface area contributed by atoms with Gasteiger partial charge in [-0.2, -0.15) is 0 Å². The van der Waals surface area contributed by atoms with Gasteiger partial charge in [0.25, 0.3) is 3.25 Å². The van der Waals surface area contributed by atoms with E-state index in [9.17, 15) is 4.39 Å². The van der Waals surface area contributed by atoms with Crippen LogP contribution in [0.25, 0.3) is 0 Å². The molecule has 0 heterocycles. The summed E-state index contributed by atoms with van der Waals surface area (Å²) < 4.78 is 8.68. The summed E-state index contributed by atoms with van der Waals surface area (Å²) in [4.78, 5) is 0. The van der Waals surface area contributed by atoms with Gasteiger partial charge in [-0.05, 0) is 6.92 Å². The van der Waals surface area contributed by atoms with Crippen molar-refractivity contribution in [3.63, 3.8) is 0 Å². The van der Waals surface area contributed by atoms with Crippen molar-refractivity contribution in [1.82, 2.24) is 0 Å². The van der Waals surface area contributed by atoms with Crippen molar-refractivity contribution in [1.29, 1.82) is 0 Å². The normalized spacial score (nSPS) is 9.75. The Kier molecular flexibility index (Phi) is 9.19. The van der Waals surface area contributed by atoms with Crippen molar-refractivity contribution in [3.05, 3.63) is 0 Å². The third-order valence-corrected chi connectivity index (χ3v) is 0. The van der Waals surface area contributed by atoms with E-state index >= 15 is 0 Å². The topological polar surface area (TPSA) is 0 Å². The summed E-state index contributed by atoms with van der Waals surface area (Å²) in [5.74, 6) is 0. The maximum Gasteiger partial charge on any atom is 0.266 e. The molecule has 0 aliphatic heterocycles. The first-order valence-corrected chi connectivity index (χ1v) is 3.24. The molecule has 0 amide bonds. The van der Waals surface area contributed by atoms with Gasteiger partial charge in [0.15, 0.2) is 0 Å². The number of hydrogen-bond acceptors (Lipinski definition) is 0. The van der Waals surface area contributed by atoms with Gasteiger partial charge in [0.05, 0.1) is 6.67 Å². The SMILES string of the molecule is CCF.ClC(Cl)(Cl)Cl. The molecule has 0 aromatic heterocycles. The first-order chi connectivity index (χ1) is 3.41. The van der Waals surface area contributed by atoms with Crippen LogP contribution < -0.4 is 0 Å². The van der Waals surface area contributed by atoms with Crippen LogP contribution in [0.1, 0.15) is 6.92 Å². The van der Waals surface area contributed by atoms with Crippen molar-refractivity contribution in [2.24, 2.45) is 0 Å². The summed E-state index contributed by atoms with van der Waals surface area (Å²) >= 11 is 19.3. The maximum atomic E-state index is 10.3. The van der Waals surface area contributed by atoms with Crippen LogP contribution in [-0.2, 0) is 0 Å². The lowest BCUT2D eigenvalue weighted by Crippen LogP contribution is -1.81. The van der Waals surface area contributed by atoms with E-state index in [1.165, 1.54) is 6.92 Å². The van der Waals surface area contributed by atoms with E-state index in [0.29, 0.717) is 0 Å². The Bertz CT molecular complexity index is 35.0. The van der Waals surface area contributed by atoms with Gasteiger partial charge in [0.2, 0.25) is 0 Å². The van der Waals surface area contributed by atoms with Crippen molar-refractivity contribution >= 4 is 46.4 Å². The van der Waals surface area contributed by atoms with Crippen molar-refractivity contribution in [3.8, 4) is 0 Å². The smallest absolute Gasteiger partial charge is 0.251 e. The number of alkyl halides is 5. The van der Waals surface area contributed by atoms with E-state index in [0.717, 1.165) is 0 Å². The molecular weight excluding hydrogens is 197 g/mol. The minimum Gasteiger partial charge on any atom is -0.251 e. The Morgan fingerprint density at radius 1 is 1.25 bits per heavy atom. The van der Waals surface area contributed by atoms with Gasteiger partial charge in [-0.3, -0.25) is 4.39 Å². The lowest BCUT2D eigenvalue weighted by atomic mass is 10.9. The second kappa shape index (κ2) is 6.21. The Morgan fingerprint density at radius 2 is 1.25 bits per heavy atom. The molecule has 0 radical (unpaired) electrons. The molecule has 0 aliphatic carbocycles. The lowest BCUT2D eigenvalue weighted by Gasteiger charge is -1.91. The van der Waals surface area contributed by atoms with Gasteiger partial charge in [0, 0.05) is 0 Å². The molecule has 5 heteroatoms. The molecule has 0 aromatic carbocycles. The fourth-order valence-corrected chi connectivity index (χ4v) is 0. The largest absolute Gasteiger partial charge is 0.266 e. The molecule has 0 nitrogen and oxygen atoms in total. The Hall–Kier alpha value is 1.09. The second-order valence-corrected chi connectivity index (χ2v) is 4.12. The molecule has 0 saturated heterocycles. The highest BCUT2D eigenvalue weighted by molar-refractivity contribution is 6.83. The molecule has 0 N–H and O–H groups in total. The quantitative estimate of drug-likeness (QED) is 0.527. The standard InChI is InChI=1S/C2H5F.CCl4/c1-2-3;2-1(3,4)5/h2H2,1H3;. The van der Waals surface area contributed by atoms with Crippen LogP contribution in [0.5, 0.6) is 0 Å². The zero-order valence-corrected chi connectivity index (χ0v) is 7.12. The van der Waals surface area contributed by atoms with Gasteiger partial charge >= 0.3 is 0 Å². The molecule has 0 rings (SSSR count). The minimum absolute atomic E-state index is 0.250. The Balaban J connectivity index is 0. The molecular formula is C3H5Cl4F. The van der Waals surface area contributed by atoms with Crippen molar-refractivity contribution < 1.29 is 4.39 Å².